The zero-order valence-corrected chi connectivity index (χ0v) is 16.8. The Hall–Kier alpha value is -2.19. The van der Waals surface area contributed by atoms with Crippen LogP contribution in [-0.4, -0.2) is 38.7 Å². The number of piperidine rings is 1. The summed E-state index contributed by atoms with van der Waals surface area (Å²) in [4.78, 5) is 15.0. The van der Waals surface area contributed by atoms with E-state index in [1.807, 2.05) is 18.4 Å². The molecule has 1 aliphatic heterocycles. The average molecular weight is 406 g/mol. The fourth-order valence-corrected chi connectivity index (χ4v) is 4.65. The van der Waals surface area contributed by atoms with Crippen LogP contribution in [-0.2, 0) is 10.0 Å². The maximum absolute atomic E-state index is 12.6. The Morgan fingerprint density at radius 1 is 1.00 bits per heavy atom. The summed E-state index contributed by atoms with van der Waals surface area (Å²) >= 11 is 1.47. The second-order valence-electron chi connectivity index (χ2n) is 6.31. The first kappa shape index (κ1) is 19.6. The van der Waals surface area contributed by atoms with Gasteiger partial charge < -0.3 is 10.2 Å². The van der Waals surface area contributed by atoms with E-state index in [4.69, 9.17) is 0 Å². The lowest BCUT2D eigenvalue weighted by Crippen LogP contribution is -2.38. The Labute approximate surface area is 164 Å². The van der Waals surface area contributed by atoms with Crippen LogP contribution in [0.2, 0.25) is 0 Å². The van der Waals surface area contributed by atoms with Gasteiger partial charge in [-0.15, -0.1) is 11.8 Å². The van der Waals surface area contributed by atoms with Gasteiger partial charge in [-0.05, 0) is 61.9 Å². The fraction of sp³-hybridized carbons (Fsp3) is 0.316. The standard InChI is InChI=1S/C19H23N3O3S2/c1-26-18-8-4-3-7-17(18)21-27(24,25)16-11-9-15(10-12-16)20-19(23)22-13-5-2-6-14-22/h3-4,7-12,21H,2,5-6,13-14H2,1H3,(H,20,23). The van der Waals surface area contributed by atoms with Crippen molar-refractivity contribution in [3.63, 3.8) is 0 Å². The van der Waals surface area contributed by atoms with Crippen LogP contribution in [0.15, 0.2) is 58.3 Å². The van der Waals surface area contributed by atoms with Crippen molar-refractivity contribution in [3.05, 3.63) is 48.5 Å². The number of amides is 2. The van der Waals surface area contributed by atoms with Crippen LogP contribution in [0, 0.1) is 0 Å². The zero-order valence-electron chi connectivity index (χ0n) is 15.1. The highest BCUT2D eigenvalue weighted by molar-refractivity contribution is 7.99. The van der Waals surface area contributed by atoms with Gasteiger partial charge in [0.05, 0.1) is 10.6 Å². The molecule has 0 bridgehead atoms. The molecule has 0 atom stereocenters. The normalized spacial score (nSPS) is 14.6. The van der Waals surface area contributed by atoms with Crippen molar-refractivity contribution in [2.75, 3.05) is 29.4 Å². The largest absolute Gasteiger partial charge is 0.325 e. The molecule has 144 valence electrons. The molecule has 0 aliphatic carbocycles. The van der Waals surface area contributed by atoms with Gasteiger partial charge in [-0.1, -0.05) is 12.1 Å². The molecular weight excluding hydrogens is 382 g/mol. The third kappa shape index (κ3) is 4.95. The number of carbonyl (C=O) groups is 1. The zero-order chi connectivity index (χ0) is 19.3. The summed E-state index contributed by atoms with van der Waals surface area (Å²) in [6, 6.07) is 13.3. The minimum atomic E-state index is -3.70. The van der Waals surface area contributed by atoms with Gasteiger partial charge in [0.25, 0.3) is 10.0 Å². The smallest absolute Gasteiger partial charge is 0.321 e. The molecule has 0 spiro atoms. The predicted molar refractivity (Wildman–Crippen MR) is 110 cm³/mol. The van der Waals surface area contributed by atoms with Crippen LogP contribution in [0.5, 0.6) is 0 Å². The molecule has 3 rings (SSSR count). The van der Waals surface area contributed by atoms with E-state index < -0.39 is 10.0 Å². The number of nitrogens with zero attached hydrogens (tertiary/aromatic N) is 1. The molecule has 8 heteroatoms. The molecule has 2 aromatic carbocycles. The number of sulfonamides is 1. The highest BCUT2D eigenvalue weighted by Crippen LogP contribution is 2.27. The van der Waals surface area contributed by atoms with Crippen LogP contribution >= 0.6 is 11.8 Å². The van der Waals surface area contributed by atoms with E-state index in [0.717, 1.165) is 37.2 Å². The average Bonchev–Trinajstić information content (AvgIpc) is 2.69. The van der Waals surface area contributed by atoms with Crippen LogP contribution in [0.1, 0.15) is 19.3 Å². The van der Waals surface area contributed by atoms with Crippen molar-refractivity contribution < 1.29 is 13.2 Å². The fourth-order valence-electron chi connectivity index (χ4n) is 2.95. The lowest BCUT2D eigenvalue weighted by Gasteiger charge is -2.26. The molecule has 0 aromatic heterocycles. The molecule has 27 heavy (non-hydrogen) atoms. The Bertz CT molecular complexity index is 893. The number of rotatable bonds is 5. The van der Waals surface area contributed by atoms with Crippen molar-refractivity contribution in [1.29, 1.82) is 0 Å². The van der Waals surface area contributed by atoms with E-state index in [-0.39, 0.29) is 10.9 Å². The van der Waals surface area contributed by atoms with Gasteiger partial charge in [0, 0.05) is 23.7 Å². The van der Waals surface area contributed by atoms with Gasteiger partial charge >= 0.3 is 6.03 Å². The third-order valence-corrected chi connectivity index (χ3v) is 6.59. The summed E-state index contributed by atoms with van der Waals surface area (Å²) in [5.74, 6) is 0. The number of hydrogen-bond acceptors (Lipinski definition) is 4. The van der Waals surface area contributed by atoms with Crippen molar-refractivity contribution in [3.8, 4) is 0 Å². The van der Waals surface area contributed by atoms with E-state index in [1.54, 1.807) is 29.2 Å². The predicted octanol–water partition coefficient (Wildman–Crippen LogP) is 4.23. The number of carbonyl (C=O) groups excluding carboxylic acids is 1. The third-order valence-electron chi connectivity index (χ3n) is 4.41. The van der Waals surface area contributed by atoms with Gasteiger partial charge in [-0.25, -0.2) is 13.2 Å². The molecule has 1 aliphatic rings. The SMILES string of the molecule is CSc1ccccc1NS(=O)(=O)c1ccc(NC(=O)N2CCCCC2)cc1. The first-order chi connectivity index (χ1) is 13.0. The van der Waals surface area contributed by atoms with Crippen molar-refractivity contribution in [1.82, 2.24) is 4.90 Å². The number of para-hydroxylation sites is 1. The van der Waals surface area contributed by atoms with Crippen LogP contribution in [0.25, 0.3) is 0 Å². The van der Waals surface area contributed by atoms with E-state index in [1.165, 1.54) is 23.9 Å². The maximum atomic E-state index is 12.6. The molecule has 2 aromatic rings. The van der Waals surface area contributed by atoms with Crippen molar-refractivity contribution in [2.24, 2.45) is 0 Å². The molecule has 2 amide bonds. The summed E-state index contributed by atoms with van der Waals surface area (Å²) in [7, 11) is -3.70. The summed E-state index contributed by atoms with van der Waals surface area (Å²) in [6.45, 7) is 1.52. The molecule has 0 radical (unpaired) electrons. The van der Waals surface area contributed by atoms with Gasteiger partial charge in [0.2, 0.25) is 0 Å². The number of nitrogens with one attached hydrogen (secondary N) is 2. The summed E-state index contributed by atoms with van der Waals surface area (Å²) in [6.07, 6.45) is 5.09. The lowest BCUT2D eigenvalue weighted by atomic mass is 10.1. The van der Waals surface area contributed by atoms with Crippen molar-refractivity contribution >= 4 is 39.2 Å². The molecule has 1 fully saturated rings. The number of urea groups is 1. The minimum Gasteiger partial charge on any atom is -0.325 e. The first-order valence-corrected chi connectivity index (χ1v) is 11.5. The number of hydrogen-bond donors (Lipinski definition) is 2. The van der Waals surface area contributed by atoms with Gasteiger partial charge in [0.15, 0.2) is 0 Å². The minimum absolute atomic E-state index is 0.141. The second kappa shape index (κ2) is 8.67. The molecular formula is C19H23N3O3S2. The maximum Gasteiger partial charge on any atom is 0.321 e. The summed E-state index contributed by atoms with van der Waals surface area (Å²) in [5.41, 5.74) is 1.13. The number of likely N-dealkylation sites (tertiary alicyclic amines) is 1. The van der Waals surface area contributed by atoms with Crippen LogP contribution in [0.3, 0.4) is 0 Å². The monoisotopic (exact) mass is 405 g/mol. The van der Waals surface area contributed by atoms with Crippen LogP contribution < -0.4 is 10.0 Å². The number of benzene rings is 2. The van der Waals surface area contributed by atoms with E-state index >= 15 is 0 Å². The topological polar surface area (TPSA) is 78.5 Å². The van der Waals surface area contributed by atoms with E-state index in [9.17, 15) is 13.2 Å². The molecule has 1 saturated heterocycles. The number of anilines is 2. The quantitative estimate of drug-likeness (QED) is 0.730. The molecule has 6 nitrogen and oxygen atoms in total. The summed E-state index contributed by atoms with van der Waals surface area (Å²) in [5, 5.41) is 2.83. The Kier molecular flexibility index (Phi) is 6.28. The first-order valence-electron chi connectivity index (χ1n) is 8.81. The highest BCUT2D eigenvalue weighted by Gasteiger charge is 2.18. The van der Waals surface area contributed by atoms with Crippen molar-refractivity contribution in [2.45, 2.75) is 29.1 Å². The van der Waals surface area contributed by atoms with E-state index in [0.29, 0.717) is 11.4 Å². The Balaban J connectivity index is 1.69. The molecule has 0 saturated carbocycles. The Morgan fingerprint density at radius 3 is 2.33 bits per heavy atom. The van der Waals surface area contributed by atoms with Gasteiger partial charge in [-0.3, -0.25) is 4.72 Å². The second-order valence-corrected chi connectivity index (χ2v) is 8.84. The molecule has 0 unspecified atom stereocenters. The molecule has 2 N–H and O–H groups in total. The number of thioether (sulfide) groups is 1. The Morgan fingerprint density at radius 2 is 1.67 bits per heavy atom. The van der Waals surface area contributed by atoms with Gasteiger partial charge in [0.1, 0.15) is 0 Å². The highest BCUT2D eigenvalue weighted by atomic mass is 32.2. The molecule has 1 heterocycles. The van der Waals surface area contributed by atoms with Crippen LogP contribution in [0.4, 0.5) is 16.2 Å². The van der Waals surface area contributed by atoms with E-state index in [2.05, 4.69) is 10.0 Å². The summed E-state index contributed by atoms with van der Waals surface area (Å²) < 4.78 is 27.9. The lowest BCUT2D eigenvalue weighted by molar-refractivity contribution is 0.200. The van der Waals surface area contributed by atoms with Gasteiger partial charge in [-0.2, -0.15) is 0 Å².